The maximum Gasteiger partial charge on any atom is 0.328 e. The normalized spacial score (nSPS) is 12.1. The second kappa shape index (κ2) is 8.57. The first-order valence-corrected chi connectivity index (χ1v) is 13.4. The van der Waals surface area contributed by atoms with Crippen LogP contribution in [0.1, 0.15) is 0 Å². The summed E-state index contributed by atoms with van der Waals surface area (Å²) in [7, 11) is 2.76. The van der Waals surface area contributed by atoms with E-state index in [-0.39, 0.29) is 10.6 Å². The molecule has 10 heteroatoms. The van der Waals surface area contributed by atoms with E-state index in [1.807, 2.05) is 59.2 Å². The van der Waals surface area contributed by atoms with Crippen LogP contribution in [0.25, 0.3) is 49.9 Å². The first-order chi connectivity index (χ1) is 18.2. The average Bonchev–Trinajstić information content (AvgIpc) is 3.42. The number of imidazole rings is 2. The van der Waals surface area contributed by atoms with Gasteiger partial charge in [-0.3, -0.25) is 13.7 Å². The summed E-state index contributed by atoms with van der Waals surface area (Å²) < 4.78 is 38.6. The van der Waals surface area contributed by atoms with Gasteiger partial charge in [0.05, 0.1) is 39.6 Å². The maximum absolute atomic E-state index is 12.7. The zero-order valence-electron chi connectivity index (χ0n) is 21.3. The van der Waals surface area contributed by atoms with Crippen molar-refractivity contribution in [3.8, 4) is 22.8 Å². The molecular formula is C28H25N5O4S. The molecule has 0 unspecified atom stereocenters. The number of nitrogens with zero attached hydrogens (tertiary/aromatic N) is 4. The molecule has 2 heterocycles. The number of nitrogens with one attached hydrogen (secondary N) is 1. The lowest BCUT2D eigenvalue weighted by Gasteiger charge is -2.14. The standard InChI is InChI=1S/C28H25N5O4S/c1-29-38(35,36)20-10-11-22-24(16-20)33(19-9-12-23-25(15-19)32(3)28(34)31(23)2)27(30-22)21-13-17-7-5-6-8-18(17)14-26(21)37-4/h5-16,29H,1-4H3. The Hall–Kier alpha value is -4.41. The number of methoxy groups -OCH3 is 1. The minimum Gasteiger partial charge on any atom is -0.496 e. The minimum atomic E-state index is -3.69. The van der Waals surface area contributed by atoms with E-state index in [0.29, 0.717) is 22.6 Å². The second-order valence-corrected chi connectivity index (χ2v) is 11.0. The molecule has 0 spiro atoms. The smallest absolute Gasteiger partial charge is 0.328 e. The van der Waals surface area contributed by atoms with Crippen LogP contribution in [0.4, 0.5) is 0 Å². The first kappa shape index (κ1) is 24.0. The Bertz CT molecular complexity index is 2070. The van der Waals surface area contributed by atoms with E-state index in [1.54, 1.807) is 42.5 Å². The Morgan fingerprint density at radius 2 is 1.55 bits per heavy atom. The largest absolute Gasteiger partial charge is 0.496 e. The van der Waals surface area contributed by atoms with Crippen LogP contribution in [0.15, 0.2) is 82.5 Å². The molecule has 0 aliphatic rings. The molecule has 0 saturated heterocycles. The van der Waals surface area contributed by atoms with Crippen molar-refractivity contribution in [2.75, 3.05) is 14.2 Å². The summed E-state index contributed by atoms with van der Waals surface area (Å²) in [5.74, 6) is 1.22. The van der Waals surface area contributed by atoms with Crippen LogP contribution in [0, 0.1) is 0 Å². The summed E-state index contributed by atoms with van der Waals surface area (Å²) in [4.78, 5) is 17.7. The van der Waals surface area contributed by atoms with Gasteiger partial charge in [-0.15, -0.1) is 0 Å². The molecule has 0 aliphatic heterocycles. The van der Waals surface area contributed by atoms with Crippen molar-refractivity contribution in [3.63, 3.8) is 0 Å². The number of fused-ring (bicyclic) bond motifs is 3. The number of benzene rings is 4. The highest BCUT2D eigenvalue weighted by Gasteiger charge is 2.22. The van der Waals surface area contributed by atoms with E-state index < -0.39 is 10.0 Å². The number of hydrogen-bond donors (Lipinski definition) is 1. The van der Waals surface area contributed by atoms with Gasteiger partial charge in [-0.1, -0.05) is 24.3 Å². The highest BCUT2D eigenvalue weighted by Crippen LogP contribution is 2.38. The number of rotatable bonds is 5. The molecule has 192 valence electrons. The lowest BCUT2D eigenvalue weighted by Crippen LogP contribution is -2.19. The van der Waals surface area contributed by atoms with E-state index in [1.165, 1.54) is 13.1 Å². The van der Waals surface area contributed by atoms with E-state index in [0.717, 1.165) is 33.1 Å². The molecule has 1 N–H and O–H groups in total. The van der Waals surface area contributed by atoms with E-state index in [9.17, 15) is 13.2 Å². The molecule has 0 saturated carbocycles. The lowest BCUT2D eigenvalue weighted by atomic mass is 10.1. The topological polar surface area (TPSA) is 100 Å². The zero-order chi connectivity index (χ0) is 26.8. The Labute approximate surface area is 218 Å². The molecular weight excluding hydrogens is 502 g/mol. The summed E-state index contributed by atoms with van der Waals surface area (Å²) in [6.45, 7) is 0. The number of aromatic nitrogens is 4. The van der Waals surface area contributed by atoms with Crippen LogP contribution in [-0.2, 0) is 24.1 Å². The van der Waals surface area contributed by atoms with Gasteiger partial charge in [-0.25, -0.2) is 22.9 Å². The first-order valence-electron chi connectivity index (χ1n) is 11.9. The molecule has 9 nitrogen and oxygen atoms in total. The van der Waals surface area contributed by atoms with Gasteiger partial charge in [-0.2, -0.15) is 0 Å². The number of hydrogen-bond acceptors (Lipinski definition) is 5. The predicted molar refractivity (Wildman–Crippen MR) is 149 cm³/mol. The fraction of sp³-hybridized carbons (Fsp3) is 0.143. The number of sulfonamides is 1. The summed E-state index contributed by atoms with van der Waals surface area (Å²) in [5.41, 5.74) is 4.10. The van der Waals surface area contributed by atoms with E-state index >= 15 is 0 Å². The SMILES string of the molecule is CNS(=O)(=O)c1ccc2nc(-c3cc4ccccc4cc3OC)n(-c3ccc4c(c3)n(C)c(=O)n4C)c2c1. The van der Waals surface area contributed by atoms with Gasteiger partial charge in [0, 0.05) is 19.8 Å². The van der Waals surface area contributed by atoms with Crippen LogP contribution >= 0.6 is 0 Å². The van der Waals surface area contributed by atoms with Crippen LogP contribution in [0.3, 0.4) is 0 Å². The maximum atomic E-state index is 12.7. The summed E-state index contributed by atoms with van der Waals surface area (Å²) in [6.07, 6.45) is 0. The summed E-state index contributed by atoms with van der Waals surface area (Å²) in [5, 5.41) is 2.04. The van der Waals surface area contributed by atoms with Gasteiger partial charge >= 0.3 is 5.69 Å². The third-order valence-electron chi connectivity index (χ3n) is 7.03. The van der Waals surface area contributed by atoms with Crippen molar-refractivity contribution < 1.29 is 13.2 Å². The van der Waals surface area contributed by atoms with Crippen LogP contribution in [0.5, 0.6) is 5.75 Å². The van der Waals surface area contributed by atoms with Crippen molar-refractivity contribution in [1.29, 1.82) is 0 Å². The van der Waals surface area contributed by atoms with E-state index in [4.69, 9.17) is 9.72 Å². The highest BCUT2D eigenvalue weighted by molar-refractivity contribution is 7.89. The lowest BCUT2D eigenvalue weighted by molar-refractivity contribution is 0.416. The van der Waals surface area contributed by atoms with Gasteiger partial charge in [-0.05, 0) is 66.4 Å². The monoisotopic (exact) mass is 527 g/mol. The van der Waals surface area contributed by atoms with Gasteiger partial charge in [0.1, 0.15) is 11.6 Å². The molecule has 4 aromatic carbocycles. The van der Waals surface area contributed by atoms with Gasteiger partial charge in [0.2, 0.25) is 10.0 Å². The fourth-order valence-corrected chi connectivity index (χ4v) is 5.73. The van der Waals surface area contributed by atoms with Crippen LogP contribution in [-0.4, -0.2) is 41.3 Å². The third-order valence-corrected chi connectivity index (χ3v) is 8.44. The molecule has 0 atom stereocenters. The van der Waals surface area contributed by atoms with Crippen LogP contribution in [0.2, 0.25) is 0 Å². The van der Waals surface area contributed by atoms with Crippen molar-refractivity contribution in [1.82, 2.24) is 23.4 Å². The fourth-order valence-electron chi connectivity index (χ4n) is 4.98. The van der Waals surface area contributed by atoms with Crippen molar-refractivity contribution >= 4 is 42.9 Å². The molecule has 38 heavy (non-hydrogen) atoms. The Kier molecular flexibility index (Phi) is 5.41. The van der Waals surface area contributed by atoms with Crippen molar-refractivity contribution in [2.24, 2.45) is 14.1 Å². The highest BCUT2D eigenvalue weighted by atomic mass is 32.2. The number of aryl methyl sites for hydroxylation is 2. The van der Waals surface area contributed by atoms with Gasteiger partial charge in [0.15, 0.2) is 0 Å². The van der Waals surface area contributed by atoms with Gasteiger partial charge in [0.25, 0.3) is 0 Å². The summed E-state index contributed by atoms with van der Waals surface area (Å²) in [6, 6.07) is 22.5. The van der Waals surface area contributed by atoms with E-state index in [2.05, 4.69) is 4.72 Å². The quantitative estimate of drug-likeness (QED) is 0.366. The minimum absolute atomic E-state index is 0.124. The molecule has 6 rings (SSSR count). The Balaban J connectivity index is 1.73. The second-order valence-electron chi connectivity index (χ2n) is 9.10. The van der Waals surface area contributed by atoms with Crippen LogP contribution < -0.4 is 15.1 Å². The predicted octanol–water partition coefficient (Wildman–Crippen LogP) is 3.95. The van der Waals surface area contributed by atoms with Gasteiger partial charge < -0.3 is 4.74 Å². The zero-order valence-corrected chi connectivity index (χ0v) is 22.1. The molecule has 6 aromatic rings. The van der Waals surface area contributed by atoms with Crippen molar-refractivity contribution in [3.05, 3.63) is 83.3 Å². The third kappa shape index (κ3) is 3.52. The molecule has 0 radical (unpaired) electrons. The molecule has 0 amide bonds. The number of ether oxygens (including phenoxy) is 1. The average molecular weight is 528 g/mol. The Morgan fingerprint density at radius 3 is 2.26 bits per heavy atom. The molecule has 2 aromatic heterocycles. The van der Waals surface area contributed by atoms with Crippen molar-refractivity contribution in [2.45, 2.75) is 4.90 Å². The molecule has 0 bridgehead atoms. The molecule has 0 aliphatic carbocycles. The summed E-state index contributed by atoms with van der Waals surface area (Å²) >= 11 is 0. The Morgan fingerprint density at radius 1 is 0.842 bits per heavy atom. The molecule has 0 fully saturated rings.